The maximum Gasteiger partial charge on any atom is 0.245 e. The second kappa shape index (κ2) is 3.88. The molecule has 0 saturated heterocycles. The molecule has 0 fully saturated rings. The van der Waals surface area contributed by atoms with E-state index in [1.807, 2.05) is 6.92 Å². The molecular weight excluding hydrogens is 170 g/mol. The molecule has 6 nitrogen and oxygen atoms in total. The van der Waals surface area contributed by atoms with Crippen molar-refractivity contribution in [3.8, 4) is 0 Å². The van der Waals surface area contributed by atoms with Gasteiger partial charge in [-0.2, -0.15) is 9.90 Å². The van der Waals surface area contributed by atoms with Crippen molar-refractivity contribution >= 4 is 11.7 Å². The third kappa shape index (κ3) is 2.43. The first-order chi connectivity index (χ1) is 6.13. The Morgan fingerprint density at radius 3 is 2.92 bits per heavy atom. The van der Waals surface area contributed by atoms with Crippen molar-refractivity contribution in [3.63, 3.8) is 0 Å². The van der Waals surface area contributed by atoms with Gasteiger partial charge in [-0.15, -0.1) is 5.10 Å². The fourth-order valence-electron chi connectivity index (χ4n) is 0.805. The molecule has 0 atom stereocenters. The molecule has 0 radical (unpaired) electrons. The first-order valence-corrected chi connectivity index (χ1v) is 4.03. The lowest BCUT2D eigenvalue weighted by Gasteiger charge is -2.13. The van der Waals surface area contributed by atoms with Crippen molar-refractivity contribution in [2.75, 3.05) is 19.3 Å². The Bertz CT molecular complexity index is 295. The molecule has 1 heterocycles. The number of nitrogens with zero attached hydrogens (tertiary/aromatic N) is 4. The summed E-state index contributed by atoms with van der Waals surface area (Å²) in [7, 11) is 1.73. The second-order valence-corrected chi connectivity index (χ2v) is 2.71. The number of carbonyl (C=O) groups is 1. The summed E-state index contributed by atoms with van der Waals surface area (Å²) in [5.41, 5.74) is 5.34. The van der Waals surface area contributed by atoms with Crippen LogP contribution in [0.1, 0.15) is 6.92 Å². The lowest BCUT2D eigenvalue weighted by atomic mass is 10.5. The highest BCUT2D eigenvalue weighted by atomic mass is 16.2. The van der Waals surface area contributed by atoms with Gasteiger partial charge in [-0.1, -0.05) is 0 Å². The van der Waals surface area contributed by atoms with E-state index < -0.39 is 0 Å². The van der Waals surface area contributed by atoms with Crippen LogP contribution in [0.25, 0.3) is 0 Å². The van der Waals surface area contributed by atoms with Gasteiger partial charge in [0.05, 0.1) is 6.20 Å². The fourth-order valence-corrected chi connectivity index (χ4v) is 0.805. The Morgan fingerprint density at radius 2 is 2.46 bits per heavy atom. The minimum absolute atomic E-state index is 0.0295. The van der Waals surface area contributed by atoms with Gasteiger partial charge in [-0.05, 0) is 6.92 Å². The van der Waals surface area contributed by atoms with E-state index in [0.29, 0.717) is 12.4 Å². The van der Waals surface area contributed by atoms with Gasteiger partial charge >= 0.3 is 0 Å². The molecule has 72 valence electrons. The van der Waals surface area contributed by atoms with Crippen molar-refractivity contribution in [1.29, 1.82) is 0 Å². The second-order valence-electron chi connectivity index (χ2n) is 2.71. The number of amides is 1. The van der Waals surface area contributed by atoms with E-state index in [-0.39, 0.29) is 12.5 Å². The van der Waals surface area contributed by atoms with Crippen LogP contribution in [0.2, 0.25) is 0 Å². The van der Waals surface area contributed by atoms with Crippen LogP contribution < -0.4 is 5.73 Å². The molecule has 0 unspecified atom stereocenters. The highest BCUT2D eigenvalue weighted by molar-refractivity contribution is 5.75. The molecule has 0 aliphatic heterocycles. The summed E-state index contributed by atoms with van der Waals surface area (Å²) in [6.07, 6.45) is 1.42. The molecule has 1 amide bonds. The van der Waals surface area contributed by atoms with Crippen LogP contribution in [0, 0.1) is 0 Å². The lowest BCUT2D eigenvalue weighted by Crippen LogP contribution is -2.30. The zero-order valence-electron chi connectivity index (χ0n) is 7.77. The SMILES string of the molecule is CCN(C)C(=O)Cn1ncc(N)n1. The first kappa shape index (κ1) is 9.50. The zero-order chi connectivity index (χ0) is 9.84. The first-order valence-electron chi connectivity index (χ1n) is 4.03. The number of rotatable bonds is 3. The zero-order valence-corrected chi connectivity index (χ0v) is 7.77. The molecule has 0 spiro atoms. The minimum atomic E-state index is -0.0295. The summed E-state index contributed by atoms with van der Waals surface area (Å²) in [6, 6.07) is 0. The van der Waals surface area contributed by atoms with Crippen LogP contribution in [0.4, 0.5) is 5.82 Å². The molecule has 0 aliphatic carbocycles. The van der Waals surface area contributed by atoms with Gasteiger partial charge < -0.3 is 10.6 Å². The standard InChI is InChI=1S/C7H13N5O/c1-3-11(2)7(13)5-12-9-4-6(8)10-12/h4H,3,5H2,1-2H3,(H2,8,10). The fraction of sp³-hybridized carbons (Fsp3) is 0.571. The maximum absolute atomic E-state index is 11.3. The maximum atomic E-state index is 11.3. The van der Waals surface area contributed by atoms with Gasteiger partial charge in [0.15, 0.2) is 5.82 Å². The average molecular weight is 183 g/mol. The molecule has 0 aliphatic rings. The topological polar surface area (TPSA) is 77.0 Å². The monoisotopic (exact) mass is 183 g/mol. The molecular formula is C7H13N5O. The van der Waals surface area contributed by atoms with Gasteiger partial charge in [0.2, 0.25) is 5.91 Å². The van der Waals surface area contributed by atoms with Crippen LogP contribution >= 0.6 is 0 Å². The van der Waals surface area contributed by atoms with Crippen LogP contribution in [0.15, 0.2) is 6.20 Å². The highest BCUT2D eigenvalue weighted by Crippen LogP contribution is 1.92. The summed E-state index contributed by atoms with van der Waals surface area (Å²) in [4.78, 5) is 14.2. The van der Waals surface area contributed by atoms with E-state index in [2.05, 4.69) is 10.2 Å². The molecule has 1 rings (SSSR count). The summed E-state index contributed by atoms with van der Waals surface area (Å²) in [5, 5.41) is 7.61. The molecule has 6 heteroatoms. The summed E-state index contributed by atoms with van der Waals surface area (Å²) in [6.45, 7) is 2.72. The Hall–Kier alpha value is -1.59. The van der Waals surface area contributed by atoms with Gasteiger partial charge in [0, 0.05) is 13.6 Å². The lowest BCUT2D eigenvalue weighted by molar-refractivity contribution is -0.130. The summed E-state index contributed by atoms with van der Waals surface area (Å²) in [5.74, 6) is 0.296. The van der Waals surface area contributed by atoms with Crippen molar-refractivity contribution in [2.24, 2.45) is 0 Å². The molecule has 1 aromatic heterocycles. The molecule has 1 aromatic rings. The molecule has 13 heavy (non-hydrogen) atoms. The van der Waals surface area contributed by atoms with Crippen molar-refractivity contribution in [1.82, 2.24) is 19.9 Å². The number of aromatic nitrogens is 3. The summed E-state index contributed by atoms with van der Waals surface area (Å²) >= 11 is 0. The third-order valence-corrected chi connectivity index (χ3v) is 1.73. The minimum Gasteiger partial charge on any atom is -0.381 e. The van der Waals surface area contributed by atoms with Crippen molar-refractivity contribution in [3.05, 3.63) is 6.20 Å². The third-order valence-electron chi connectivity index (χ3n) is 1.73. The largest absolute Gasteiger partial charge is 0.381 e. The van der Waals surface area contributed by atoms with Gasteiger partial charge in [-0.3, -0.25) is 4.79 Å². The highest BCUT2D eigenvalue weighted by Gasteiger charge is 2.08. The number of anilines is 1. The van der Waals surface area contributed by atoms with E-state index in [1.54, 1.807) is 11.9 Å². The number of hydrogen-bond acceptors (Lipinski definition) is 4. The number of likely N-dealkylation sites (N-methyl/N-ethyl adjacent to an activating group) is 1. The van der Waals surface area contributed by atoms with Crippen LogP contribution in [0.5, 0.6) is 0 Å². The smallest absolute Gasteiger partial charge is 0.245 e. The van der Waals surface area contributed by atoms with Crippen molar-refractivity contribution in [2.45, 2.75) is 13.5 Å². The normalized spacial score (nSPS) is 10.0. The summed E-state index contributed by atoms with van der Waals surface area (Å²) < 4.78 is 0. The Labute approximate surface area is 76.3 Å². The molecule has 2 N–H and O–H groups in total. The van der Waals surface area contributed by atoms with E-state index in [9.17, 15) is 4.79 Å². The number of carbonyl (C=O) groups excluding carboxylic acids is 1. The van der Waals surface area contributed by atoms with Gasteiger partial charge in [-0.25, -0.2) is 0 Å². The van der Waals surface area contributed by atoms with E-state index in [0.717, 1.165) is 0 Å². The van der Waals surface area contributed by atoms with E-state index in [4.69, 9.17) is 5.73 Å². The quantitative estimate of drug-likeness (QED) is 0.674. The van der Waals surface area contributed by atoms with E-state index in [1.165, 1.54) is 11.0 Å². The van der Waals surface area contributed by atoms with E-state index >= 15 is 0 Å². The predicted molar refractivity (Wildman–Crippen MR) is 47.7 cm³/mol. The number of hydrogen-bond donors (Lipinski definition) is 1. The average Bonchev–Trinajstić information content (AvgIpc) is 2.49. The molecule has 0 aromatic carbocycles. The van der Waals surface area contributed by atoms with Gasteiger partial charge in [0.1, 0.15) is 6.54 Å². The van der Waals surface area contributed by atoms with Crippen molar-refractivity contribution < 1.29 is 4.79 Å². The molecule has 0 bridgehead atoms. The molecule has 0 saturated carbocycles. The van der Waals surface area contributed by atoms with Crippen LogP contribution in [-0.2, 0) is 11.3 Å². The van der Waals surface area contributed by atoms with Gasteiger partial charge in [0.25, 0.3) is 0 Å². The Balaban J connectivity index is 2.54. The van der Waals surface area contributed by atoms with Crippen LogP contribution in [-0.4, -0.2) is 39.4 Å². The number of nitrogen functional groups attached to an aromatic ring is 1. The number of nitrogens with two attached hydrogens (primary N) is 1. The predicted octanol–water partition coefficient (Wildman–Crippen LogP) is -0.661. The Morgan fingerprint density at radius 1 is 1.77 bits per heavy atom. The van der Waals surface area contributed by atoms with Crippen LogP contribution in [0.3, 0.4) is 0 Å². The Kier molecular flexibility index (Phi) is 2.84.